The Kier molecular flexibility index (Phi) is 5.63. The van der Waals surface area contributed by atoms with Crippen LogP contribution >= 0.6 is 11.8 Å². The van der Waals surface area contributed by atoms with Gasteiger partial charge in [-0.05, 0) is 25.4 Å². The van der Waals surface area contributed by atoms with E-state index < -0.39 is 5.97 Å². The fourth-order valence-corrected chi connectivity index (χ4v) is 1.87. The quantitative estimate of drug-likeness (QED) is 0.737. The van der Waals surface area contributed by atoms with Gasteiger partial charge in [-0.1, -0.05) is 5.21 Å². The maximum absolute atomic E-state index is 11.7. The fourth-order valence-electron chi connectivity index (χ4n) is 1.28. The van der Waals surface area contributed by atoms with Crippen molar-refractivity contribution >= 4 is 23.6 Å². The van der Waals surface area contributed by atoms with Crippen molar-refractivity contribution in [2.24, 2.45) is 0 Å². The number of nitrogens with one attached hydrogen (secondary N) is 1. The Bertz CT molecular complexity index is 421. The van der Waals surface area contributed by atoms with E-state index in [4.69, 9.17) is 5.11 Å². The standard InChI is InChI=1S/C10H16N4O3S/c1-7(3-4-18-2)11-10(17)8-5-14(13-12-8)6-9(15)16/h5,7H,3-4,6H2,1-2H3,(H,11,17)(H,15,16). The van der Waals surface area contributed by atoms with Crippen LogP contribution in [0, 0.1) is 0 Å². The van der Waals surface area contributed by atoms with Gasteiger partial charge in [0.15, 0.2) is 5.69 Å². The number of aromatic nitrogens is 3. The molecule has 0 aliphatic heterocycles. The molecule has 1 aromatic rings. The number of aliphatic carboxylic acids is 1. The molecule has 1 heterocycles. The number of hydrogen-bond donors (Lipinski definition) is 2. The third kappa shape index (κ3) is 4.74. The molecule has 0 spiro atoms. The highest BCUT2D eigenvalue weighted by atomic mass is 32.2. The highest BCUT2D eigenvalue weighted by Crippen LogP contribution is 2.01. The van der Waals surface area contributed by atoms with Gasteiger partial charge in [-0.25, -0.2) is 4.68 Å². The number of carboxylic acids is 1. The molecule has 100 valence electrons. The summed E-state index contributed by atoms with van der Waals surface area (Å²) in [6.45, 7) is 1.61. The lowest BCUT2D eigenvalue weighted by atomic mass is 10.2. The van der Waals surface area contributed by atoms with Crippen molar-refractivity contribution in [1.82, 2.24) is 20.3 Å². The van der Waals surface area contributed by atoms with Crippen molar-refractivity contribution in [3.05, 3.63) is 11.9 Å². The number of amides is 1. The number of nitrogens with zero attached hydrogens (tertiary/aromatic N) is 3. The highest BCUT2D eigenvalue weighted by Gasteiger charge is 2.14. The highest BCUT2D eigenvalue weighted by molar-refractivity contribution is 7.98. The third-order valence-corrected chi connectivity index (χ3v) is 2.84. The Morgan fingerprint density at radius 2 is 2.33 bits per heavy atom. The summed E-state index contributed by atoms with van der Waals surface area (Å²) < 4.78 is 1.11. The molecule has 0 radical (unpaired) electrons. The van der Waals surface area contributed by atoms with Crippen molar-refractivity contribution in [3.8, 4) is 0 Å². The summed E-state index contributed by atoms with van der Waals surface area (Å²) in [5.41, 5.74) is 0.132. The molecule has 1 atom stereocenters. The van der Waals surface area contributed by atoms with E-state index in [1.165, 1.54) is 6.20 Å². The van der Waals surface area contributed by atoms with Gasteiger partial charge in [-0.15, -0.1) is 5.10 Å². The van der Waals surface area contributed by atoms with E-state index in [0.29, 0.717) is 0 Å². The van der Waals surface area contributed by atoms with Gasteiger partial charge in [0.2, 0.25) is 0 Å². The minimum Gasteiger partial charge on any atom is -0.480 e. The monoisotopic (exact) mass is 272 g/mol. The van der Waals surface area contributed by atoms with Gasteiger partial charge in [0, 0.05) is 6.04 Å². The summed E-state index contributed by atoms with van der Waals surface area (Å²) in [5, 5.41) is 18.6. The first kappa shape index (κ1) is 14.5. The Balaban J connectivity index is 2.51. The van der Waals surface area contributed by atoms with E-state index in [1.54, 1.807) is 11.8 Å². The first-order chi connectivity index (χ1) is 8.52. The Morgan fingerprint density at radius 1 is 1.61 bits per heavy atom. The van der Waals surface area contributed by atoms with Crippen LogP contribution in [0.5, 0.6) is 0 Å². The number of carbonyl (C=O) groups is 2. The Morgan fingerprint density at radius 3 is 2.94 bits per heavy atom. The second-order valence-electron chi connectivity index (χ2n) is 3.85. The third-order valence-electron chi connectivity index (χ3n) is 2.20. The molecule has 2 N–H and O–H groups in total. The van der Waals surface area contributed by atoms with Crippen molar-refractivity contribution in [2.45, 2.75) is 25.9 Å². The average molecular weight is 272 g/mol. The first-order valence-electron chi connectivity index (χ1n) is 5.44. The molecule has 1 amide bonds. The second kappa shape index (κ2) is 7.00. The fraction of sp³-hybridized carbons (Fsp3) is 0.600. The zero-order valence-corrected chi connectivity index (χ0v) is 11.1. The van der Waals surface area contributed by atoms with Crippen molar-refractivity contribution in [2.75, 3.05) is 12.0 Å². The zero-order chi connectivity index (χ0) is 13.5. The second-order valence-corrected chi connectivity index (χ2v) is 4.84. The largest absolute Gasteiger partial charge is 0.480 e. The first-order valence-corrected chi connectivity index (χ1v) is 6.84. The summed E-state index contributed by atoms with van der Waals surface area (Å²) in [6.07, 6.45) is 4.20. The van der Waals surface area contributed by atoms with Crippen LogP contribution in [0.2, 0.25) is 0 Å². The van der Waals surface area contributed by atoms with Crippen LogP contribution in [0.4, 0.5) is 0 Å². The molecule has 1 aromatic heterocycles. The molecule has 0 saturated heterocycles. The topological polar surface area (TPSA) is 97.1 Å². The van der Waals surface area contributed by atoms with Gasteiger partial charge in [0.05, 0.1) is 6.20 Å². The number of carboxylic acid groups (broad SMARTS) is 1. The number of thioether (sulfide) groups is 1. The maximum Gasteiger partial charge on any atom is 0.325 e. The smallest absolute Gasteiger partial charge is 0.325 e. The van der Waals surface area contributed by atoms with Gasteiger partial charge in [-0.3, -0.25) is 9.59 Å². The predicted molar refractivity (Wildman–Crippen MR) is 67.6 cm³/mol. The van der Waals surface area contributed by atoms with E-state index in [9.17, 15) is 9.59 Å². The number of carbonyl (C=O) groups excluding carboxylic acids is 1. The summed E-state index contributed by atoms with van der Waals surface area (Å²) in [4.78, 5) is 22.2. The minimum atomic E-state index is -1.03. The average Bonchev–Trinajstić information content (AvgIpc) is 2.73. The van der Waals surface area contributed by atoms with Crippen LogP contribution in [0.3, 0.4) is 0 Å². The molecule has 0 aliphatic carbocycles. The Hall–Kier alpha value is -1.57. The summed E-state index contributed by atoms with van der Waals surface area (Å²) in [5.74, 6) is -0.395. The van der Waals surface area contributed by atoms with E-state index in [2.05, 4.69) is 15.6 Å². The lowest BCUT2D eigenvalue weighted by Gasteiger charge is -2.11. The molecule has 0 aromatic carbocycles. The van der Waals surface area contributed by atoms with Gasteiger partial charge in [0.1, 0.15) is 6.54 Å². The molecule has 8 heteroatoms. The molecule has 0 fully saturated rings. The maximum atomic E-state index is 11.7. The van der Waals surface area contributed by atoms with Gasteiger partial charge < -0.3 is 10.4 Å². The van der Waals surface area contributed by atoms with E-state index >= 15 is 0 Å². The van der Waals surface area contributed by atoms with Crippen LogP contribution in [-0.2, 0) is 11.3 Å². The van der Waals surface area contributed by atoms with E-state index in [-0.39, 0.29) is 24.2 Å². The molecule has 7 nitrogen and oxygen atoms in total. The summed E-state index contributed by atoms with van der Waals surface area (Å²) in [6, 6.07) is 0.0505. The molecular formula is C10H16N4O3S. The molecule has 18 heavy (non-hydrogen) atoms. The van der Waals surface area contributed by atoms with Crippen LogP contribution in [0.25, 0.3) is 0 Å². The summed E-state index contributed by atoms with van der Waals surface area (Å²) >= 11 is 1.72. The van der Waals surface area contributed by atoms with Crippen LogP contribution in [0.1, 0.15) is 23.8 Å². The van der Waals surface area contributed by atoms with E-state index in [1.807, 2.05) is 13.2 Å². The van der Waals surface area contributed by atoms with Crippen LogP contribution < -0.4 is 5.32 Å². The molecule has 1 unspecified atom stereocenters. The van der Waals surface area contributed by atoms with Crippen molar-refractivity contribution in [1.29, 1.82) is 0 Å². The van der Waals surface area contributed by atoms with Crippen molar-refractivity contribution in [3.63, 3.8) is 0 Å². The molecule has 0 saturated carbocycles. The van der Waals surface area contributed by atoms with Gasteiger partial charge in [0.25, 0.3) is 5.91 Å². The van der Waals surface area contributed by atoms with Crippen LogP contribution in [-0.4, -0.2) is 50.0 Å². The zero-order valence-electron chi connectivity index (χ0n) is 10.3. The molecule has 1 rings (SSSR count). The van der Waals surface area contributed by atoms with Crippen molar-refractivity contribution < 1.29 is 14.7 Å². The predicted octanol–water partition coefficient (Wildman–Crippen LogP) is 0.234. The SMILES string of the molecule is CSCCC(C)NC(=O)c1cn(CC(=O)O)nn1. The van der Waals surface area contributed by atoms with Gasteiger partial charge >= 0.3 is 5.97 Å². The van der Waals surface area contributed by atoms with Gasteiger partial charge in [-0.2, -0.15) is 11.8 Å². The van der Waals surface area contributed by atoms with Crippen LogP contribution in [0.15, 0.2) is 6.20 Å². The molecule has 0 bridgehead atoms. The molecular weight excluding hydrogens is 256 g/mol. The lowest BCUT2D eigenvalue weighted by molar-refractivity contribution is -0.137. The Labute approximate surface area is 109 Å². The number of hydrogen-bond acceptors (Lipinski definition) is 5. The van der Waals surface area contributed by atoms with E-state index in [0.717, 1.165) is 16.9 Å². The number of rotatable bonds is 7. The molecule has 0 aliphatic rings. The minimum absolute atomic E-state index is 0.0505. The lowest BCUT2D eigenvalue weighted by Crippen LogP contribution is -2.33. The normalized spacial score (nSPS) is 12.1. The summed E-state index contributed by atoms with van der Waals surface area (Å²) in [7, 11) is 0.